The van der Waals surface area contributed by atoms with Gasteiger partial charge in [-0.25, -0.2) is 8.78 Å². The lowest BCUT2D eigenvalue weighted by Crippen LogP contribution is -2.41. The molecule has 0 radical (unpaired) electrons. The van der Waals surface area contributed by atoms with Crippen LogP contribution in [0.3, 0.4) is 0 Å². The largest absolute Gasteiger partial charge is 0.390 e. The molecule has 4 heteroatoms. The van der Waals surface area contributed by atoms with Crippen molar-refractivity contribution in [3.8, 4) is 0 Å². The Morgan fingerprint density at radius 1 is 0.900 bits per heavy atom. The van der Waals surface area contributed by atoms with Crippen LogP contribution in [0.5, 0.6) is 0 Å². The Kier molecular flexibility index (Phi) is 2.21. The van der Waals surface area contributed by atoms with Gasteiger partial charge < -0.3 is 10.2 Å². The summed E-state index contributed by atoms with van der Waals surface area (Å²) in [6, 6.07) is 0. The first kappa shape index (κ1) is 7.88. The topological polar surface area (TPSA) is 40.5 Å². The molecular formula is C6H10F2O2. The molecule has 0 aliphatic heterocycles. The van der Waals surface area contributed by atoms with Crippen molar-refractivity contribution in [3.63, 3.8) is 0 Å². The molecule has 10 heavy (non-hydrogen) atoms. The van der Waals surface area contributed by atoms with Gasteiger partial charge >= 0.3 is 0 Å². The van der Waals surface area contributed by atoms with E-state index in [1.807, 2.05) is 0 Å². The van der Waals surface area contributed by atoms with Crippen molar-refractivity contribution in [1.29, 1.82) is 0 Å². The fraction of sp³-hybridized carbons (Fsp3) is 1.00. The molecule has 1 aliphatic rings. The third-order valence-electron chi connectivity index (χ3n) is 1.77. The molecule has 4 atom stereocenters. The second kappa shape index (κ2) is 2.80. The van der Waals surface area contributed by atoms with Crippen LogP contribution >= 0.6 is 0 Å². The van der Waals surface area contributed by atoms with Gasteiger partial charge in [0.05, 0.1) is 12.2 Å². The maximum atomic E-state index is 12.4. The van der Waals surface area contributed by atoms with Gasteiger partial charge in [-0.05, 0) is 0 Å². The van der Waals surface area contributed by atoms with E-state index in [2.05, 4.69) is 0 Å². The van der Waals surface area contributed by atoms with Gasteiger partial charge in [0.2, 0.25) is 0 Å². The molecule has 1 aliphatic carbocycles. The van der Waals surface area contributed by atoms with E-state index in [0.717, 1.165) is 0 Å². The third kappa shape index (κ3) is 1.44. The average molecular weight is 152 g/mol. The molecule has 1 fully saturated rings. The quantitative estimate of drug-likeness (QED) is 0.519. The highest BCUT2D eigenvalue weighted by Crippen LogP contribution is 2.24. The molecule has 0 bridgehead atoms. The fourth-order valence-electron chi connectivity index (χ4n) is 1.07. The lowest BCUT2D eigenvalue weighted by molar-refractivity contribution is -0.0619. The molecule has 0 saturated heterocycles. The van der Waals surface area contributed by atoms with Gasteiger partial charge in [0.15, 0.2) is 0 Å². The Hall–Kier alpha value is -0.220. The molecule has 1 saturated carbocycles. The van der Waals surface area contributed by atoms with Crippen molar-refractivity contribution in [2.24, 2.45) is 0 Å². The Bertz CT molecular complexity index is 94.3. The molecule has 1 rings (SSSR count). The van der Waals surface area contributed by atoms with Gasteiger partial charge in [0.25, 0.3) is 0 Å². The predicted octanol–water partition coefficient (Wildman–Crippen LogP) is 0.178. The second-order valence-electron chi connectivity index (χ2n) is 2.64. The van der Waals surface area contributed by atoms with Crippen LogP contribution in [0.15, 0.2) is 0 Å². The van der Waals surface area contributed by atoms with Crippen molar-refractivity contribution in [2.45, 2.75) is 37.4 Å². The standard InChI is InChI=1S/C6H10F2O2/c7-3-1-5(9)6(10)2-4(3)8/h3-6,9-10H,1-2H2/t3-,4+,5-,6+. The van der Waals surface area contributed by atoms with Gasteiger partial charge in [-0.3, -0.25) is 0 Å². The van der Waals surface area contributed by atoms with Crippen LogP contribution in [-0.4, -0.2) is 34.8 Å². The zero-order chi connectivity index (χ0) is 7.72. The molecule has 0 aromatic carbocycles. The third-order valence-corrected chi connectivity index (χ3v) is 1.77. The first-order valence-electron chi connectivity index (χ1n) is 3.25. The van der Waals surface area contributed by atoms with E-state index in [1.165, 1.54) is 0 Å². The lowest BCUT2D eigenvalue weighted by Gasteiger charge is -2.28. The van der Waals surface area contributed by atoms with Gasteiger partial charge in [0.1, 0.15) is 12.3 Å². The summed E-state index contributed by atoms with van der Waals surface area (Å²) in [6.07, 6.45) is -5.99. The Balaban J connectivity index is 2.46. The molecule has 2 nitrogen and oxygen atoms in total. The van der Waals surface area contributed by atoms with Crippen LogP contribution in [0.1, 0.15) is 12.8 Å². The molecule has 0 aromatic rings. The van der Waals surface area contributed by atoms with Crippen LogP contribution in [0.4, 0.5) is 8.78 Å². The Labute approximate surface area is 57.5 Å². The van der Waals surface area contributed by atoms with E-state index in [-0.39, 0.29) is 12.8 Å². The first-order valence-corrected chi connectivity index (χ1v) is 3.25. The summed E-state index contributed by atoms with van der Waals surface area (Å²) in [5.74, 6) is 0. The van der Waals surface area contributed by atoms with E-state index >= 15 is 0 Å². The minimum Gasteiger partial charge on any atom is -0.390 e. The summed E-state index contributed by atoms with van der Waals surface area (Å²) in [5, 5.41) is 17.6. The van der Waals surface area contributed by atoms with Crippen molar-refractivity contribution in [3.05, 3.63) is 0 Å². The van der Waals surface area contributed by atoms with Crippen LogP contribution in [-0.2, 0) is 0 Å². The van der Waals surface area contributed by atoms with E-state index < -0.39 is 24.6 Å². The summed E-state index contributed by atoms with van der Waals surface area (Å²) in [7, 11) is 0. The summed E-state index contributed by atoms with van der Waals surface area (Å²) in [4.78, 5) is 0. The van der Waals surface area contributed by atoms with E-state index in [4.69, 9.17) is 10.2 Å². The maximum absolute atomic E-state index is 12.4. The highest BCUT2D eigenvalue weighted by Gasteiger charge is 2.35. The molecule has 0 spiro atoms. The van der Waals surface area contributed by atoms with Crippen molar-refractivity contribution in [2.75, 3.05) is 0 Å². The molecule has 60 valence electrons. The molecule has 0 amide bonds. The van der Waals surface area contributed by atoms with Gasteiger partial charge in [-0.15, -0.1) is 0 Å². The monoisotopic (exact) mass is 152 g/mol. The van der Waals surface area contributed by atoms with Crippen LogP contribution in [0.25, 0.3) is 0 Å². The minimum atomic E-state index is -1.61. The predicted molar refractivity (Wildman–Crippen MR) is 31.0 cm³/mol. The molecule has 0 unspecified atom stereocenters. The van der Waals surface area contributed by atoms with E-state index in [0.29, 0.717) is 0 Å². The average Bonchev–Trinajstić information content (AvgIpc) is 1.84. The number of aliphatic hydroxyl groups is 2. The Morgan fingerprint density at radius 2 is 1.20 bits per heavy atom. The van der Waals surface area contributed by atoms with Crippen LogP contribution in [0, 0.1) is 0 Å². The highest BCUT2D eigenvalue weighted by molar-refractivity contribution is 4.85. The number of aliphatic hydroxyl groups excluding tert-OH is 2. The Morgan fingerprint density at radius 3 is 1.50 bits per heavy atom. The zero-order valence-electron chi connectivity index (χ0n) is 5.37. The van der Waals surface area contributed by atoms with Gasteiger partial charge in [-0.1, -0.05) is 0 Å². The second-order valence-corrected chi connectivity index (χ2v) is 2.64. The normalized spacial score (nSPS) is 49.2. The van der Waals surface area contributed by atoms with Crippen molar-refractivity contribution < 1.29 is 19.0 Å². The first-order chi connectivity index (χ1) is 4.61. The van der Waals surface area contributed by atoms with Gasteiger partial charge in [0, 0.05) is 12.8 Å². The lowest BCUT2D eigenvalue weighted by atomic mass is 9.92. The minimum absolute atomic E-state index is 0.289. The summed E-state index contributed by atoms with van der Waals surface area (Å²) < 4.78 is 24.7. The van der Waals surface area contributed by atoms with Crippen molar-refractivity contribution in [1.82, 2.24) is 0 Å². The number of halogens is 2. The molecule has 0 aromatic heterocycles. The molecule has 2 N–H and O–H groups in total. The SMILES string of the molecule is O[C@@H]1C[C@@H](F)[C@@H](F)C[C@@H]1O. The zero-order valence-corrected chi connectivity index (χ0v) is 5.37. The van der Waals surface area contributed by atoms with E-state index in [1.54, 1.807) is 0 Å². The summed E-state index contributed by atoms with van der Waals surface area (Å²) in [5.41, 5.74) is 0. The molecular weight excluding hydrogens is 142 g/mol. The number of hydrogen-bond acceptors (Lipinski definition) is 2. The number of alkyl halides is 2. The number of hydrogen-bond donors (Lipinski definition) is 2. The summed E-state index contributed by atoms with van der Waals surface area (Å²) in [6.45, 7) is 0. The van der Waals surface area contributed by atoms with Crippen LogP contribution in [0.2, 0.25) is 0 Å². The van der Waals surface area contributed by atoms with E-state index in [9.17, 15) is 8.78 Å². The van der Waals surface area contributed by atoms with Crippen molar-refractivity contribution >= 4 is 0 Å². The summed E-state index contributed by atoms with van der Waals surface area (Å²) >= 11 is 0. The highest BCUT2D eigenvalue weighted by atomic mass is 19.2. The smallest absolute Gasteiger partial charge is 0.134 e. The molecule has 0 heterocycles. The fourth-order valence-corrected chi connectivity index (χ4v) is 1.07. The number of rotatable bonds is 0. The maximum Gasteiger partial charge on any atom is 0.134 e. The van der Waals surface area contributed by atoms with Crippen LogP contribution < -0.4 is 0 Å². The van der Waals surface area contributed by atoms with Gasteiger partial charge in [-0.2, -0.15) is 0 Å².